The lowest BCUT2D eigenvalue weighted by atomic mass is 9.97. The first-order valence-electron chi connectivity index (χ1n) is 8.52. The average molecular weight is 395 g/mol. The summed E-state index contributed by atoms with van der Waals surface area (Å²) in [6, 6.07) is 15.6. The van der Waals surface area contributed by atoms with E-state index in [2.05, 4.69) is 0 Å². The number of ether oxygens (including phenoxy) is 1. The largest absolute Gasteiger partial charge is 0.461 e. The van der Waals surface area contributed by atoms with Crippen molar-refractivity contribution in [3.8, 4) is 11.1 Å². The molecule has 0 amide bonds. The standard InChI is InChI=1S/C21H18ClF3O2/c1-13-15(8-5-9-17(13)14-6-3-2-4-7-14)12-27-20(26)18-10-16(18)11-19(22)21(23,24)25/h2-9,11,16,18H,10,12H2,1H3/b19-11-/t16-,18-/m1/s1. The Hall–Kier alpha value is -2.27. The molecule has 0 radical (unpaired) electrons. The Morgan fingerprint density at radius 1 is 1.19 bits per heavy atom. The summed E-state index contributed by atoms with van der Waals surface area (Å²) < 4.78 is 42.7. The number of carbonyl (C=O) groups excluding carboxylic acids is 1. The van der Waals surface area contributed by atoms with Crippen molar-refractivity contribution in [3.63, 3.8) is 0 Å². The zero-order chi connectivity index (χ0) is 19.6. The predicted molar refractivity (Wildman–Crippen MR) is 98.0 cm³/mol. The van der Waals surface area contributed by atoms with Gasteiger partial charge in [0.15, 0.2) is 0 Å². The first-order chi connectivity index (χ1) is 12.8. The molecule has 1 aliphatic rings. The molecule has 6 heteroatoms. The molecule has 0 N–H and O–H groups in total. The van der Waals surface area contributed by atoms with Crippen LogP contribution in [0.1, 0.15) is 17.5 Å². The number of allylic oxidation sites excluding steroid dienone is 2. The van der Waals surface area contributed by atoms with Crippen LogP contribution in [0.5, 0.6) is 0 Å². The first kappa shape index (κ1) is 19.5. The van der Waals surface area contributed by atoms with E-state index < -0.39 is 29.0 Å². The van der Waals surface area contributed by atoms with E-state index in [0.717, 1.165) is 28.3 Å². The maximum atomic E-state index is 12.4. The number of carbonyl (C=O) groups is 1. The lowest BCUT2D eigenvalue weighted by Crippen LogP contribution is -2.10. The first-order valence-corrected chi connectivity index (χ1v) is 8.90. The van der Waals surface area contributed by atoms with E-state index in [-0.39, 0.29) is 6.61 Å². The Kier molecular flexibility index (Phi) is 5.61. The molecule has 142 valence electrons. The van der Waals surface area contributed by atoms with E-state index >= 15 is 0 Å². The lowest BCUT2D eigenvalue weighted by Gasteiger charge is -2.12. The highest BCUT2D eigenvalue weighted by Gasteiger charge is 2.45. The van der Waals surface area contributed by atoms with E-state index in [1.807, 2.05) is 55.5 Å². The van der Waals surface area contributed by atoms with E-state index in [4.69, 9.17) is 16.3 Å². The molecule has 0 spiro atoms. The fraction of sp³-hybridized carbons (Fsp3) is 0.286. The molecule has 0 aliphatic heterocycles. The van der Waals surface area contributed by atoms with Crippen LogP contribution < -0.4 is 0 Å². The number of halogens is 4. The molecule has 1 fully saturated rings. The monoisotopic (exact) mass is 394 g/mol. The van der Waals surface area contributed by atoms with Crippen LogP contribution in [0, 0.1) is 18.8 Å². The molecule has 0 unspecified atom stereocenters. The summed E-state index contributed by atoms with van der Waals surface area (Å²) in [4.78, 5) is 12.1. The molecule has 2 aromatic carbocycles. The van der Waals surface area contributed by atoms with Crippen LogP contribution >= 0.6 is 11.6 Å². The molecular formula is C21H18ClF3O2. The molecule has 0 heterocycles. The second-order valence-electron chi connectivity index (χ2n) is 6.58. The van der Waals surface area contributed by atoms with Crippen LogP contribution in [0.2, 0.25) is 0 Å². The zero-order valence-corrected chi connectivity index (χ0v) is 15.3. The van der Waals surface area contributed by atoms with Gasteiger partial charge >= 0.3 is 12.1 Å². The molecule has 0 saturated heterocycles. The molecule has 3 rings (SSSR count). The normalized spacial score (nSPS) is 19.7. The van der Waals surface area contributed by atoms with Crippen LogP contribution in [0.3, 0.4) is 0 Å². The second kappa shape index (κ2) is 7.77. The minimum absolute atomic E-state index is 0.0886. The van der Waals surface area contributed by atoms with Gasteiger partial charge in [-0.25, -0.2) is 0 Å². The Morgan fingerprint density at radius 3 is 2.56 bits per heavy atom. The zero-order valence-electron chi connectivity index (χ0n) is 14.6. The highest BCUT2D eigenvalue weighted by molar-refractivity contribution is 6.30. The van der Waals surface area contributed by atoms with Crippen LogP contribution in [0.4, 0.5) is 13.2 Å². The van der Waals surface area contributed by atoms with Gasteiger partial charge in [-0.2, -0.15) is 13.2 Å². The molecule has 0 bridgehead atoms. The van der Waals surface area contributed by atoms with Crippen LogP contribution in [0.15, 0.2) is 59.6 Å². The fourth-order valence-electron chi connectivity index (χ4n) is 2.98. The van der Waals surface area contributed by atoms with Crippen molar-refractivity contribution >= 4 is 17.6 Å². The molecule has 27 heavy (non-hydrogen) atoms. The maximum Gasteiger partial charge on any atom is 0.426 e. The minimum Gasteiger partial charge on any atom is -0.461 e. The topological polar surface area (TPSA) is 26.3 Å². The van der Waals surface area contributed by atoms with Gasteiger partial charge in [0.2, 0.25) is 0 Å². The van der Waals surface area contributed by atoms with E-state index in [1.165, 1.54) is 0 Å². The predicted octanol–water partition coefficient (Wildman–Crippen LogP) is 6.03. The number of benzene rings is 2. The summed E-state index contributed by atoms with van der Waals surface area (Å²) in [6.07, 6.45) is -3.35. The quantitative estimate of drug-likeness (QED) is 0.579. The second-order valence-corrected chi connectivity index (χ2v) is 6.99. The van der Waals surface area contributed by atoms with Crippen molar-refractivity contribution in [1.82, 2.24) is 0 Å². The third-order valence-corrected chi connectivity index (χ3v) is 5.01. The number of hydrogen-bond donors (Lipinski definition) is 0. The van der Waals surface area contributed by atoms with Crippen molar-refractivity contribution < 1.29 is 22.7 Å². The van der Waals surface area contributed by atoms with Gasteiger partial charge in [0.25, 0.3) is 0 Å². The number of rotatable bonds is 5. The lowest BCUT2D eigenvalue weighted by molar-refractivity contribution is -0.146. The third kappa shape index (κ3) is 4.72. The van der Waals surface area contributed by atoms with Crippen molar-refractivity contribution in [2.24, 2.45) is 11.8 Å². The van der Waals surface area contributed by atoms with Gasteiger partial charge in [-0.15, -0.1) is 0 Å². The fourth-order valence-corrected chi connectivity index (χ4v) is 3.14. The van der Waals surface area contributed by atoms with Gasteiger partial charge in [-0.05, 0) is 41.5 Å². The summed E-state index contributed by atoms with van der Waals surface area (Å²) in [5.41, 5.74) is 3.99. The molecular weight excluding hydrogens is 377 g/mol. The number of alkyl halides is 3. The molecule has 2 aromatic rings. The van der Waals surface area contributed by atoms with E-state index in [0.29, 0.717) is 6.42 Å². The molecule has 0 aromatic heterocycles. The Balaban J connectivity index is 1.62. The van der Waals surface area contributed by atoms with Gasteiger partial charge in [0.1, 0.15) is 11.6 Å². The highest BCUT2D eigenvalue weighted by Crippen LogP contribution is 2.44. The average Bonchev–Trinajstić information content (AvgIpc) is 3.40. The summed E-state index contributed by atoms with van der Waals surface area (Å²) in [7, 11) is 0. The van der Waals surface area contributed by atoms with Gasteiger partial charge in [-0.3, -0.25) is 4.79 Å². The minimum atomic E-state index is -4.58. The van der Waals surface area contributed by atoms with Crippen molar-refractivity contribution in [2.75, 3.05) is 0 Å². The van der Waals surface area contributed by atoms with Crippen molar-refractivity contribution in [1.29, 1.82) is 0 Å². The van der Waals surface area contributed by atoms with Crippen LogP contribution in [-0.4, -0.2) is 12.1 Å². The molecule has 1 aliphatic carbocycles. The number of hydrogen-bond acceptors (Lipinski definition) is 2. The molecule has 1 saturated carbocycles. The van der Waals surface area contributed by atoms with E-state index in [9.17, 15) is 18.0 Å². The Morgan fingerprint density at radius 2 is 1.89 bits per heavy atom. The summed E-state index contributed by atoms with van der Waals surface area (Å²) in [5.74, 6) is -1.56. The van der Waals surface area contributed by atoms with E-state index in [1.54, 1.807) is 0 Å². The maximum absolute atomic E-state index is 12.4. The van der Waals surface area contributed by atoms with Gasteiger partial charge in [0, 0.05) is 0 Å². The van der Waals surface area contributed by atoms with Crippen molar-refractivity contribution in [2.45, 2.75) is 26.1 Å². The Bertz CT molecular complexity index is 859. The summed E-state index contributed by atoms with van der Waals surface area (Å²) in [5, 5.41) is -1.19. The smallest absolute Gasteiger partial charge is 0.426 e. The SMILES string of the molecule is Cc1c(COC(=O)[C@@H]2C[C@@H]2/C=C(\Cl)C(F)(F)F)cccc1-c1ccccc1. The summed E-state index contributed by atoms with van der Waals surface area (Å²) >= 11 is 5.22. The third-order valence-electron chi connectivity index (χ3n) is 4.67. The highest BCUT2D eigenvalue weighted by atomic mass is 35.5. The summed E-state index contributed by atoms with van der Waals surface area (Å²) in [6.45, 7) is 2.04. The van der Waals surface area contributed by atoms with Crippen LogP contribution in [-0.2, 0) is 16.1 Å². The molecule has 2 nitrogen and oxygen atoms in total. The van der Waals surface area contributed by atoms with Gasteiger partial charge in [0.05, 0.1) is 5.92 Å². The van der Waals surface area contributed by atoms with Crippen molar-refractivity contribution in [3.05, 3.63) is 70.8 Å². The molecule has 2 atom stereocenters. The van der Waals surface area contributed by atoms with Gasteiger partial charge in [-0.1, -0.05) is 66.2 Å². The van der Waals surface area contributed by atoms with Gasteiger partial charge < -0.3 is 4.74 Å². The van der Waals surface area contributed by atoms with Crippen LogP contribution in [0.25, 0.3) is 11.1 Å². The number of esters is 1. The Labute approximate surface area is 160 Å².